The number of nitrogens with one attached hydrogen (secondary N) is 1. The Balaban J connectivity index is 2.41. The number of aromatic carboxylic acids is 1. The second-order valence-corrected chi connectivity index (χ2v) is 5.24. The number of anilines is 1. The molecule has 2 rings (SSSR count). The molecule has 5 nitrogen and oxygen atoms in total. The van der Waals surface area contributed by atoms with Crippen molar-refractivity contribution in [3.8, 4) is 0 Å². The lowest BCUT2D eigenvalue weighted by Gasteiger charge is -2.10. The molecule has 20 heavy (non-hydrogen) atoms. The molecule has 8 heteroatoms. The molecule has 0 radical (unpaired) electrons. The molecule has 2 aromatic rings. The van der Waals surface area contributed by atoms with Gasteiger partial charge in [-0.1, -0.05) is 23.2 Å². The number of rotatable bonds is 3. The van der Waals surface area contributed by atoms with E-state index in [0.29, 0.717) is 4.67 Å². The molecule has 0 fully saturated rings. The molecule has 0 atom stereocenters. The quantitative estimate of drug-likeness (QED) is 0.834. The van der Waals surface area contributed by atoms with Crippen LogP contribution in [0.4, 0.5) is 5.69 Å². The van der Waals surface area contributed by atoms with E-state index in [4.69, 9.17) is 32.7 Å². The van der Waals surface area contributed by atoms with Crippen molar-refractivity contribution in [1.82, 2.24) is 0 Å². The summed E-state index contributed by atoms with van der Waals surface area (Å²) in [5, 5.41) is 11.5. The minimum absolute atomic E-state index is 0.00394. The normalized spacial score (nSPS) is 10.3. The summed E-state index contributed by atoms with van der Waals surface area (Å²) in [6.07, 6.45) is 0. The Hall–Kier alpha value is -1.50. The van der Waals surface area contributed by atoms with Crippen LogP contribution in [0.1, 0.15) is 20.9 Å². The Morgan fingerprint density at radius 3 is 2.35 bits per heavy atom. The van der Waals surface area contributed by atoms with Crippen LogP contribution in [0.25, 0.3) is 0 Å². The van der Waals surface area contributed by atoms with Gasteiger partial charge in [0, 0.05) is 0 Å². The average molecular weight is 379 g/mol. The highest BCUT2D eigenvalue weighted by Gasteiger charge is 2.21. The first-order valence-electron chi connectivity index (χ1n) is 5.18. The molecular weight excluding hydrogens is 373 g/mol. The van der Waals surface area contributed by atoms with E-state index in [1.807, 2.05) is 0 Å². The highest BCUT2D eigenvalue weighted by Crippen LogP contribution is 2.32. The van der Waals surface area contributed by atoms with Gasteiger partial charge in [-0.25, -0.2) is 4.79 Å². The number of halogens is 3. The molecule has 0 saturated heterocycles. The highest BCUT2D eigenvalue weighted by molar-refractivity contribution is 9.10. The zero-order valence-electron chi connectivity index (χ0n) is 9.62. The van der Waals surface area contributed by atoms with E-state index >= 15 is 0 Å². The second kappa shape index (κ2) is 5.87. The van der Waals surface area contributed by atoms with Crippen LogP contribution in [0.2, 0.25) is 10.0 Å². The topological polar surface area (TPSA) is 79.5 Å². The van der Waals surface area contributed by atoms with Crippen molar-refractivity contribution in [2.24, 2.45) is 0 Å². The van der Waals surface area contributed by atoms with E-state index in [1.54, 1.807) is 0 Å². The summed E-state index contributed by atoms with van der Waals surface area (Å²) < 4.78 is 5.44. The van der Waals surface area contributed by atoms with E-state index in [0.717, 1.165) is 0 Å². The molecule has 0 saturated carbocycles. The summed E-state index contributed by atoms with van der Waals surface area (Å²) in [6, 6.07) is 5.70. The van der Waals surface area contributed by atoms with E-state index in [2.05, 4.69) is 21.2 Å². The van der Waals surface area contributed by atoms with E-state index < -0.39 is 11.9 Å². The van der Waals surface area contributed by atoms with Crippen molar-refractivity contribution in [1.29, 1.82) is 0 Å². The molecule has 0 spiro atoms. The standard InChI is InChI=1S/C12H6BrCl2NO4/c13-8-4-3-7(20-8)11(17)16-10-6(15)2-1-5(14)9(10)12(18)19/h1-4H,(H,16,17)(H,18,19). The minimum Gasteiger partial charge on any atom is -0.478 e. The third-order valence-electron chi connectivity index (χ3n) is 2.35. The maximum absolute atomic E-state index is 11.9. The fourth-order valence-electron chi connectivity index (χ4n) is 1.49. The molecular formula is C12H6BrCl2NO4. The molecule has 104 valence electrons. The number of carbonyl (C=O) groups is 2. The van der Waals surface area contributed by atoms with Crippen LogP contribution in [0.5, 0.6) is 0 Å². The van der Waals surface area contributed by atoms with Crippen LogP contribution >= 0.6 is 39.1 Å². The van der Waals surface area contributed by atoms with Crippen LogP contribution < -0.4 is 5.32 Å². The van der Waals surface area contributed by atoms with Gasteiger partial charge in [0.05, 0.1) is 15.7 Å². The fraction of sp³-hybridized carbons (Fsp3) is 0. The molecule has 0 aliphatic carbocycles. The van der Waals surface area contributed by atoms with Crippen molar-refractivity contribution in [3.05, 3.63) is 50.3 Å². The van der Waals surface area contributed by atoms with Gasteiger partial charge in [-0.05, 0) is 40.2 Å². The lowest BCUT2D eigenvalue weighted by Crippen LogP contribution is -2.15. The Labute approximate surface area is 131 Å². The van der Waals surface area contributed by atoms with Gasteiger partial charge in [-0.2, -0.15) is 0 Å². The first-order valence-corrected chi connectivity index (χ1v) is 6.73. The molecule has 0 aliphatic rings. The van der Waals surface area contributed by atoms with Gasteiger partial charge in [0.2, 0.25) is 0 Å². The predicted octanol–water partition coefficient (Wildman–Crippen LogP) is 4.30. The van der Waals surface area contributed by atoms with Gasteiger partial charge < -0.3 is 14.8 Å². The lowest BCUT2D eigenvalue weighted by molar-refractivity contribution is 0.0698. The molecule has 1 aromatic heterocycles. The van der Waals surface area contributed by atoms with Gasteiger partial charge in [0.15, 0.2) is 10.4 Å². The number of hydrogen-bond donors (Lipinski definition) is 2. The SMILES string of the molecule is O=C(Nc1c(Cl)ccc(Cl)c1C(=O)O)c1ccc(Br)o1. The minimum atomic E-state index is -1.30. The molecule has 1 aromatic carbocycles. The van der Waals surface area contributed by atoms with Crippen LogP contribution in [0, 0.1) is 0 Å². The Morgan fingerprint density at radius 2 is 1.80 bits per heavy atom. The molecule has 0 unspecified atom stereocenters. The van der Waals surface area contributed by atoms with Gasteiger partial charge in [-0.15, -0.1) is 0 Å². The largest absolute Gasteiger partial charge is 0.478 e. The summed E-state index contributed by atoms with van der Waals surface area (Å²) in [4.78, 5) is 23.1. The van der Waals surface area contributed by atoms with Crippen LogP contribution in [-0.2, 0) is 0 Å². The third-order valence-corrected chi connectivity index (χ3v) is 3.41. The number of carbonyl (C=O) groups excluding carboxylic acids is 1. The Bertz CT molecular complexity index is 699. The van der Waals surface area contributed by atoms with E-state index in [-0.39, 0.29) is 27.1 Å². The fourth-order valence-corrected chi connectivity index (χ4v) is 2.24. The van der Waals surface area contributed by atoms with Gasteiger partial charge >= 0.3 is 5.97 Å². The van der Waals surface area contributed by atoms with Crippen molar-refractivity contribution in [3.63, 3.8) is 0 Å². The second-order valence-electron chi connectivity index (χ2n) is 3.64. The number of benzene rings is 1. The maximum Gasteiger partial charge on any atom is 0.339 e. The number of furan rings is 1. The van der Waals surface area contributed by atoms with E-state index in [9.17, 15) is 9.59 Å². The molecule has 0 bridgehead atoms. The highest BCUT2D eigenvalue weighted by atomic mass is 79.9. The summed E-state index contributed by atoms with van der Waals surface area (Å²) in [6.45, 7) is 0. The zero-order chi connectivity index (χ0) is 14.9. The Morgan fingerprint density at radius 1 is 1.15 bits per heavy atom. The van der Waals surface area contributed by atoms with Gasteiger partial charge in [0.25, 0.3) is 5.91 Å². The number of carboxylic acid groups (broad SMARTS) is 1. The van der Waals surface area contributed by atoms with Crippen molar-refractivity contribution < 1.29 is 19.1 Å². The van der Waals surface area contributed by atoms with Gasteiger partial charge in [-0.3, -0.25) is 4.79 Å². The molecule has 2 N–H and O–H groups in total. The number of carboxylic acids is 1. The molecule has 0 aliphatic heterocycles. The number of hydrogen-bond acceptors (Lipinski definition) is 3. The van der Waals surface area contributed by atoms with Crippen molar-refractivity contribution in [2.45, 2.75) is 0 Å². The number of amides is 1. The first kappa shape index (κ1) is 14.9. The van der Waals surface area contributed by atoms with Crippen LogP contribution in [0.3, 0.4) is 0 Å². The smallest absolute Gasteiger partial charge is 0.339 e. The van der Waals surface area contributed by atoms with Crippen molar-refractivity contribution in [2.75, 3.05) is 5.32 Å². The van der Waals surface area contributed by atoms with Crippen LogP contribution in [-0.4, -0.2) is 17.0 Å². The summed E-state index contributed by atoms with van der Waals surface area (Å²) in [7, 11) is 0. The third kappa shape index (κ3) is 2.98. The average Bonchev–Trinajstić information content (AvgIpc) is 2.80. The summed E-state index contributed by atoms with van der Waals surface area (Å²) >= 11 is 14.8. The first-order chi connectivity index (χ1) is 9.40. The van der Waals surface area contributed by atoms with Crippen LogP contribution in [0.15, 0.2) is 33.4 Å². The monoisotopic (exact) mass is 377 g/mol. The summed E-state index contributed by atoms with van der Waals surface area (Å²) in [5.74, 6) is -1.93. The Kier molecular flexibility index (Phi) is 4.37. The van der Waals surface area contributed by atoms with Crippen molar-refractivity contribution >= 4 is 56.7 Å². The molecule has 1 heterocycles. The molecule has 1 amide bonds. The van der Waals surface area contributed by atoms with E-state index in [1.165, 1.54) is 24.3 Å². The lowest BCUT2D eigenvalue weighted by atomic mass is 10.1. The van der Waals surface area contributed by atoms with Gasteiger partial charge in [0.1, 0.15) is 5.56 Å². The predicted molar refractivity (Wildman–Crippen MR) is 77.8 cm³/mol. The summed E-state index contributed by atoms with van der Waals surface area (Å²) in [5.41, 5.74) is -0.359. The zero-order valence-corrected chi connectivity index (χ0v) is 12.7. The maximum atomic E-state index is 11.9.